The highest BCUT2D eigenvalue weighted by Crippen LogP contribution is 2.37. The van der Waals surface area contributed by atoms with Crippen molar-refractivity contribution in [3.63, 3.8) is 0 Å². The first-order valence-electron chi connectivity index (χ1n) is 14.6. The Morgan fingerprint density at radius 3 is 1.26 bits per heavy atom. The Balaban J connectivity index is 1.14. The number of amides is 4. The van der Waals surface area contributed by atoms with Crippen molar-refractivity contribution in [2.75, 3.05) is 23.7 Å². The Kier molecular flexibility index (Phi) is 9.32. The van der Waals surface area contributed by atoms with E-state index in [0.29, 0.717) is 37.3 Å². The van der Waals surface area contributed by atoms with Crippen LogP contribution in [-0.2, 0) is 18.6 Å². The van der Waals surface area contributed by atoms with Crippen LogP contribution in [0.2, 0.25) is 0 Å². The van der Waals surface area contributed by atoms with E-state index in [1.54, 1.807) is 0 Å². The molecule has 0 unspecified atom stereocenters. The molecule has 2 aromatic rings. The van der Waals surface area contributed by atoms with Gasteiger partial charge in [-0.05, 0) is 103 Å². The fourth-order valence-electron chi connectivity index (χ4n) is 4.49. The van der Waals surface area contributed by atoms with Crippen molar-refractivity contribution in [3.05, 3.63) is 48.5 Å². The minimum Gasteiger partial charge on any atom is -0.399 e. The number of urea groups is 2. The predicted octanol–water partition coefficient (Wildman–Crippen LogP) is 4.01. The van der Waals surface area contributed by atoms with Gasteiger partial charge in [-0.25, -0.2) is 9.59 Å². The Labute approximate surface area is 250 Å². The Morgan fingerprint density at radius 2 is 0.929 bits per heavy atom. The van der Waals surface area contributed by atoms with E-state index in [9.17, 15) is 9.59 Å². The van der Waals surface area contributed by atoms with Gasteiger partial charge in [0.05, 0.1) is 22.4 Å². The number of benzene rings is 2. The molecule has 4 amide bonds. The van der Waals surface area contributed by atoms with Gasteiger partial charge < -0.3 is 39.9 Å². The summed E-state index contributed by atoms with van der Waals surface area (Å²) >= 11 is 0. The molecule has 2 heterocycles. The van der Waals surface area contributed by atoms with Crippen LogP contribution in [0.25, 0.3) is 0 Å². The number of anilines is 2. The average Bonchev–Trinajstić information content (AvgIpc) is 3.26. The monoisotopic (exact) mass is 578 g/mol. The smallest absolute Gasteiger partial charge is 0.399 e. The second-order valence-corrected chi connectivity index (χ2v) is 12.9. The number of carbonyl (C=O) groups is 2. The molecule has 0 aliphatic carbocycles. The van der Waals surface area contributed by atoms with Crippen molar-refractivity contribution in [2.45, 2.75) is 90.6 Å². The summed E-state index contributed by atoms with van der Waals surface area (Å²) in [5.41, 5.74) is 1.25. The third-order valence-electron chi connectivity index (χ3n) is 8.51. The molecular formula is C30H44B2N4O6. The molecule has 2 saturated heterocycles. The minimum absolute atomic E-state index is 0.298. The molecule has 226 valence electrons. The Bertz CT molecular complexity index is 1160. The second kappa shape index (κ2) is 12.3. The molecule has 0 aromatic heterocycles. The van der Waals surface area contributed by atoms with E-state index >= 15 is 0 Å². The molecule has 2 aromatic carbocycles. The van der Waals surface area contributed by atoms with Gasteiger partial charge in [-0.2, -0.15) is 0 Å². The zero-order chi connectivity index (χ0) is 30.8. The van der Waals surface area contributed by atoms with Gasteiger partial charge in [-0.3, -0.25) is 0 Å². The van der Waals surface area contributed by atoms with Crippen LogP contribution in [0, 0.1) is 0 Å². The van der Waals surface area contributed by atoms with Gasteiger partial charge in [0, 0.05) is 24.5 Å². The number of hydrogen-bond acceptors (Lipinski definition) is 6. The van der Waals surface area contributed by atoms with E-state index in [-0.39, 0.29) is 12.1 Å². The van der Waals surface area contributed by atoms with E-state index in [4.69, 9.17) is 18.6 Å². The predicted molar refractivity (Wildman–Crippen MR) is 168 cm³/mol. The van der Waals surface area contributed by atoms with Crippen LogP contribution in [0.1, 0.15) is 68.2 Å². The van der Waals surface area contributed by atoms with Gasteiger partial charge >= 0.3 is 26.3 Å². The largest absolute Gasteiger partial charge is 0.494 e. The molecule has 10 nitrogen and oxygen atoms in total. The van der Waals surface area contributed by atoms with E-state index in [1.165, 1.54) is 0 Å². The Hall–Kier alpha value is -3.05. The number of carbonyl (C=O) groups excluding carboxylic acids is 2. The van der Waals surface area contributed by atoms with E-state index < -0.39 is 36.6 Å². The molecule has 0 saturated carbocycles. The van der Waals surface area contributed by atoms with Crippen molar-refractivity contribution >= 4 is 48.6 Å². The summed E-state index contributed by atoms with van der Waals surface area (Å²) in [4.78, 5) is 24.8. The highest BCUT2D eigenvalue weighted by atomic mass is 16.7. The van der Waals surface area contributed by atoms with Gasteiger partial charge in [0.2, 0.25) is 0 Å². The van der Waals surface area contributed by atoms with E-state index in [1.807, 2.05) is 104 Å². The summed E-state index contributed by atoms with van der Waals surface area (Å²) in [7, 11) is -0.993. The van der Waals surface area contributed by atoms with Gasteiger partial charge in [-0.15, -0.1) is 0 Å². The van der Waals surface area contributed by atoms with Crippen molar-refractivity contribution in [3.8, 4) is 0 Å². The lowest BCUT2D eigenvalue weighted by molar-refractivity contribution is 0.00578. The van der Waals surface area contributed by atoms with Gasteiger partial charge in [0.1, 0.15) is 0 Å². The second-order valence-electron chi connectivity index (χ2n) is 12.9. The van der Waals surface area contributed by atoms with Crippen molar-refractivity contribution in [2.24, 2.45) is 0 Å². The number of unbranched alkanes of at least 4 members (excludes halogenated alkanes) is 1. The summed E-state index contributed by atoms with van der Waals surface area (Å²) in [5.74, 6) is 0. The third-order valence-corrected chi connectivity index (χ3v) is 8.51. The molecule has 42 heavy (non-hydrogen) atoms. The highest BCUT2D eigenvalue weighted by Gasteiger charge is 2.52. The van der Waals surface area contributed by atoms with Gasteiger partial charge in [0.15, 0.2) is 0 Å². The first kappa shape index (κ1) is 31.9. The summed E-state index contributed by atoms with van der Waals surface area (Å²) in [6, 6.07) is 14.3. The summed E-state index contributed by atoms with van der Waals surface area (Å²) in [5, 5.41) is 11.4. The molecule has 4 N–H and O–H groups in total. The first-order chi connectivity index (χ1) is 19.6. The molecule has 2 aliphatic heterocycles. The van der Waals surface area contributed by atoms with Crippen LogP contribution < -0.4 is 32.2 Å². The fraction of sp³-hybridized carbons (Fsp3) is 0.533. The molecule has 0 bridgehead atoms. The van der Waals surface area contributed by atoms with E-state index in [0.717, 1.165) is 10.9 Å². The van der Waals surface area contributed by atoms with Crippen molar-refractivity contribution in [1.82, 2.24) is 10.6 Å². The quantitative estimate of drug-likeness (QED) is 0.264. The summed E-state index contributed by atoms with van der Waals surface area (Å²) in [6.07, 6.45) is 1.41. The summed E-state index contributed by atoms with van der Waals surface area (Å²) < 4.78 is 24.4. The van der Waals surface area contributed by atoms with Gasteiger partial charge in [0.25, 0.3) is 0 Å². The molecule has 4 rings (SSSR count). The van der Waals surface area contributed by atoms with Crippen molar-refractivity contribution in [1.29, 1.82) is 0 Å². The summed E-state index contributed by atoms with van der Waals surface area (Å²) in [6.45, 7) is 17.0. The number of nitrogens with one attached hydrogen (secondary N) is 4. The number of rotatable bonds is 9. The van der Waals surface area contributed by atoms with E-state index in [2.05, 4.69) is 21.3 Å². The maximum atomic E-state index is 12.4. The first-order valence-corrected chi connectivity index (χ1v) is 14.6. The lowest BCUT2D eigenvalue weighted by Crippen LogP contribution is -2.41. The maximum absolute atomic E-state index is 12.4. The van der Waals surface area contributed by atoms with Crippen LogP contribution in [0.4, 0.5) is 21.0 Å². The molecule has 12 heteroatoms. The highest BCUT2D eigenvalue weighted by molar-refractivity contribution is 6.62. The third kappa shape index (κ3) is 7.47. The van der Waals surface area contributed by atoms with Crippen LogP contribution >= 0.6 is 0 Å². The molecule has 0 radical (unpaired) electrons. The lowest BCUT2D eigenvalue weighted by atomic mass is 9.79. The minimum atomic E-state index is -0.497. The van der Waals surface area contributed by atoms with Crippen LogP contribution in [-0.4, -0.2) is 61.8 Å². The van der Waals surface area contributed by atoms with Gasteiger partial charge in [-0.1, -0.05) is 24.3 Å². The van der Waals surface area contributed by atoms with Crippen LogP contribution in [0.5, 0.6) is 0 Å². The zero-order valence-corrected chi connectivity index (χ0v) is 26.1. The maximum Gasteiger partial charge on any atom is 0.494 e. The topological polar surface area (TPSA) is 119 Å². The lowest BCUT2D eigenvalue weighted by Gasteiger charge is -2.32. The molecule has 2 fully saturated rings. The average molecular weight is 578 g/mol. The molecule has 2 aliphatic rings. The van der Waals surface area contributed by atoms with Crippen molar-refractivity contribution < 1.29 is 28.2 Å². The molecule has 0 atom stereocenters. The molecular weight excluding hydrogens is 534 g/mol. The zero-order valence-electron chi connectivity index (χ0n) is 26.1. The van der Waals surface area contributed by atoms with Crippen LogP contribution in [0.3, 0.4) is 0 Å². The van der Waals surface area contributed by atoms with Crippen LogP contribution in [0.15, 0.2) is 48.5 Å². The Morgan fingerprint density at radius 1 is 0.595 bits per heavy atom. The SMILES string of the molecule is CC1(C)OB(c2cccc(NC(=O)NCCCCNC(=O)Nc3cccc(B4OC(C)(C)C(C)(C)O4)c3)c2)OC1(C)C. The molecule has 0 spiro atoms. The fourth-order valence-corrected chi connectivity index (χ4v) is 4.49. The standard InChI is InChI=1S/C30H44B2N4O6/c1-27(2)28(3,4)40-31(39-27)21-13-11-15-23(19-21)35-25(37)33-17-9-10-18-34-26(38)36-24-16-12-14-22(20-24)32-41-29(5,6)30(7,8)42-32/h11-16,19-20H,9-10,17-18H2,1-8H3,(H2,33,35,37)(H2,34,36,38). The normalized spacial score (nSPS) is 19.8. The number of hydrogen-bond donors (Lipinski definition) is 4.